The van der Waals surface area contributed by atoms with Gasteiger partial charge in [0.2, 0.25) is 10.0 Å². The summed E-state index contributed by atoms with van der Waals surface area (Å²) in [6.07, 6.45) is -0.531. The minimum absolute atomic E-state index is 0.254. The normalized spacial score (nSPS) is 13.6. The standard InChI is InChI=1S/C10H14F2N2O3S/c1-2-6(15)5-14-18(16,17)10-4-9(13)7(11)3-8(10)12/h3-4,6,14-15H,2,5,13H2,1H3. The Morgan fingerprint density at radius 1 is 1.39 bits per heavy atom. The molecule has 0 aliphatic rings. The van der Waals surface area contributed by atoms with Gasteiger partial charge >= 0.3 is 0 Å². The molecule has 0 aliphatic carbocycles. The van der Waals surface area contributed by atoms with E-state index >= 15 is 0 Å². The zero-order valence-corrected chi connectivity index (χ0v) is 10.5. The first kappa shape index (κ1) is 14.8. The average molecular weight is 280 g/mol. The molecule has 0 saturated carbocycles. The van der Waals surface area contributed by atoms with E-state index in [9.17, 15) is 22.3 Å². The maximum atomic E-state index is 13.4. The first-order chi connectivity index (χ1) is 8.27. The second-order valence-electron chi connectivity index (χ2n) is 3.72. The fourth-order valence-electron chi connectivity index (χ4n) is 1.18. The number of nitrogens with one attached hydrogen (secondary N) is 1. The van der Waals surface area contributed by atoms with Gasteiger partial charge in [0.1, 0.15) is 16.5 Å². The van der Waals surface area contributed by atoms with Crippen molar-refractivity contribution in [1.82, 2.24) is 4.72 Å². The van der Waals surface area contributed by atoms with Gasteiger partial charge in [0.25, 0.3) is 0 Å². The summed E-state index contributed by atoms with van der Waals surface area (Å²) >= 11 is 0. The number of anilines is 1. The van der Waals surface area contributed by atoms with E-state index in [2.05, 4.69) is 0 Å². The van der Waals surface area contributed by atoms with Crippen LogP contribution < -0.4 is 10.5 Å². The van der Waals surface area contributed by atoms with Crippen molar-refractivity contribution in [2.24, 2.45) is 0 Å². The van der Waals surface area contributed by atoms with Gasteiger partial charge in [0.05, 0.1) is 11.8 Å². The third-order valence-corrected chi connectivity index (χ3v) is 3.76. The summed E-state index contributed by atoms with van der Waals surface area (Å²) in [4.78, 5) is -0.746. The second-order valence-corrected chi connectivity index (χ2v) is 5.45. The van der Waals surface area contributed by atoms with Gasteiger partial charge in [-0.15, -0.1) is 0 Å². The molecule has 0 radical (unpaired) electrons. The summed E-state index contributed by atoms with van der Waals surface area (Å²) < 4.78 is 51.7. The van der Waals surface area contributed by atoms with Crippen molar-refractivity contribution in [2.45, 2.75) is 24.3 Å². The molecular formula is C10H14F2N2O3S. The van der Waals surface area contributed by atoms with Gasteiger partial charge in [-0.25, -0.2) is 21.9 Å². The largest absolute Gasteiger partial charge is 0.396 e. The monoisotopic (exact) mass is 280 g/mol. The molecule has 1 unspecified atom stereocenters. The maximum absolute atomic E-state index is 13.4. The minimum atomic E-state index is -4.17. The summed E-state index contributed by atoms with van der Waals surface area (Å²) in [7, 11) is -4.17. The van der Waals surface area contributed by atoms with Crippen LogP contribution in [0.1, 0.15) is 13.3 Å². The topological polar surface area (TPSA) is 92.4 Å². The lowest BCUT2D eigenvalue weighted by Gasteiger charge is -2.11. The highest BCUT2D eigenvalue weighted by atomic mass is 32.2. The molecule has 18 heavy (non-hydrogen) atoms. The molecule has 5 nitrogen and oxygen atoms in total. The van der Waals surface area contributed by atoms with E-state index in [-0.39, 0.29) is 6.54 Å². The van der Waals surface area contributed by atoms with Crippen LogP contribution in [0.4, 0.5) is 14.5 Å². The zero-order chi connectivity index (χ0) is 13.9. The molecule has 4 N–H and O–H groups in total. The lowest BCUT2D eigenvalue weighted by Crippen LogP contribution is -2.32. The van der Waals surface area contributed by atoms with Gasteiger partial charge in [-0.3, -0.25) is 0 Å². The maximum Gasteiger partial charge on any atom is 0.243 e. The van der Waals surface area contributed by atoms with Crippen LogP contribution in [-0.4, -0.2) is 26.2 Å². The summed E-state index contributed by atoms with van der Waals surface area (Å²) in [6.45, 7) is 1.41. The number of halogens is 2. The van der Waals surface area contributed by atoms with Crippen molar-refractivity contribution in [1.29, 1.82) is 0 Å². The van der Waals surface area contributed by atoms with Crippen molar-refractivity contribution in [3.8, 4) is 0 Å². The Morgan fingerprint density at radius 3 is 2.56 bits per heavy atom. The number of sulfonamides is 1. The molecular weight excluding hydrogens is 266 g/mol. The van der Waals surface area contributed by atoms with Gasteiger partial charge in [0, 0.05) is 12.6 Å². The van der Waals surface area contributed by atoms with Crippen LogP contribution in [0.2, 0.25) is 0 Å². The molecule has 0 aliphatic heterocycles. The van der Waals surface area contributed by atoms with E-state index in [1.807, 2.05) is 4.72 Å². The first-order valence-electron chi connectivity index (χ1n) is 5.20. The van der Waals surface area contributed by atoms with Gasteiger partial charge in [0.15, 0.2) is 0 Å². The molecule has 0 saturated heterocycles. The Kier molecular flexibility index (Phi) is 4.60. The lowest BCUT2D eigenvalue weighted by atomic mass is 10.3. The Hall–Kier alpha value is -1.25. The number of nitrogens with two attached hydrogens (primary N) is 1. The van der Waals surface area contributed by atoms with Crippen LogP contribution in [0.5, 0.6) is 0 Å². The first-order valence-corrected chi connectivity index (χ1v) is 6.68. The fourth-order valence-corrected chi connectivity index (χ4v) is 2.34. The minimum Gasteiger partial charge on any atom is -0.396 e. The van der Waals surface area contributed by atoms with E-state index in [0.717, 1.165) is 0 Å². The summed E-state index contributed by atoms with van der Waals surface area (Å²) in [6, 6.07) is 1.10. The Labute approximate surface area is 104 Å². The average Bonchev–Trinajstić information content (AvgIpc) is 2.30. The summed E-state index contributed by atoms with van der Waals surface area (Å²) in [5.74, 6) is -2.26. The van der Waals surface area contributed by atoms with Crippen LogP contribution in [0.15, 0.2) is 17.0 Å². The second kappa shape index (κ2) is 5.59. The van der Waals surface area contributed by atoms with Crippen LogP contribution in [-0.2, 0) is 10.0 Å². The van der Waals surface area contributed by atoms with E-state index < -0.39 is 38.3 Å². The third-order valence-electron chi connectivity index (χ3n) is 2.32. The number of nitrogen functional groups attached to an aromatic ring is 1. The van der Waals surface area contributed by atoms with Crippen molar-refractivity contribution < 1.29 is 22.3 Å². The van der Waals surface area contributed by atoms with Gasteiger partial charge in [-0.2, -0.15) is 0 Å². The van der Waals surface area contributed by atoms with E-state index in [1.165, 1.54) is 0 Å². The summed E-state index contributed by atoms with van der Waals surface area (Å²) in [5.41, 5.74) is 4.72. The molecule has 1 atom stereocenters. The molecule has 8 heteroatoms. The fraction of sp³-hybridized carbons (Fsp3) is 0.400. The highest BCUT2D eigenvalue weighted by Crippen LogP contribution is 2.20. The number of aliphatic hydroxyl groups excluding tert-OH is 1. The molecule has 0 heterocycles. The third kappa shape index (κ3) is 3.37. The number of benzene rings is 1. The van der Waals surface area contributed by atoms with Crippen molar-refractivity contribution >= 4 is 15.7 Å². The number of hydrogen-bond acceptors (Lipinski definition) is 4. The van der Waals surface area contributed by atoms with Gasteiger partial charge < -0.3 is 10.8 Å². The van der Waals surface area contributed by atoms with E-state index in [0.29, 0.717) is 18.6 Å². The molecule has 0 aromatic heterocycles. The predicted octanol–water partition coefficient (Wildman–Crippen LogP) is 0.596. The number of hydrogen-bond donors (Lipinski definition) is 3. The zero-order valence-electron chi connectivity index (χ0n) is 9.65. The molecule has 0 amide bonds. The SMILES string of the molecule is CCC(O)CNS(=O)(=O)c1cc(N)c(F)cc1F. The lowest BCUT2D eigenvalue weighted by molar-refractivity contribution is 0.174. The van der Waals surface area contributed by atoms with Crippen molar-refractivity contribution in [3.63, 3.8) is 0 Å². The van der Waals surface area contributed by atoms with Crippen LogP contribution in [0, 0.1) is 11.6 Å². The highest BCUT2D eigenvalue weighted by molar-refractivity contribution is 7.89. The van der Waals surface area contributed by atoms with Crippen molar-refractivity contribution in [3.05, 3.63) is 23.8 Å². The van der Waals surface area contributed by atoms with E-state index in [1.54, 1.807) is 6.92 Å². The molecule has 0 spiro atoms. The molecule has 0 fully saturated rings. The van der Waals surface area contributed by atoms with Crippen LogP contribution in [0.25, 0.3) is 0 Å². The Morgan fingerprint density at radius 2 is 2.00 bits per heavy atom. The molecule has 1 aromatic carbocycles. The molecule has 1 rings (SSSR count). The number of rotatable bonds is 5. The highest BCUT2D eigenvalue weighted by Gasteiger charge is 2.21. The molecule has 1 aromatic rings. The predicted molar refractivity (Wildman–Crippen MR) is 62.3 cm³/mol. The van der Waals surface area contributed by atoms with Gasteiger partial charge in [-0.05, 0) is 12.5 Å². The number of aliphatic hydroxyl groups is 1. The Balaban J connectivity index is 3.02. The van der Waals surface area contributed by atoms with Crippen molar-refractivity contribution in [2.75, 3.05) is 12.3 Å². The molecule has 0 bridgehead atoms. The summed E-state index contributed by atoms with van der Waals surface area (Å²) in [5, 5.41) is 9.23. The van der Waals surface area contributed by atoms with Crippen LogP contribution >= 0.6 is 0 Å². The molecule has 102 valence electrons. The smallest absolute Gasteiger partial charge is 0.243 e. The van der Waals surface area contributed by atoms with Crippen LogP contribution in [0.3, 0.4) is 0 Å². The quantitative estimate of drug-likeness (QED) is 0.688. The Bertz CT molecular complexity index is 534. The van der Waals surface area contributed by atoms with E-state index in [4.69, 9.17) is 5.73 Å². The van der Waals surface area contributed by atoms with Gasteiger partial charge in [-0.1, -0.05) is 6.92 Å².